The second-order valence-electron chi connectivity index (χ2n) is 6.00. The standard InChI is InChI=1S/C14H27N5/c1-12(2)9-19-14(16-11-17-19)10-18(3)13-5-4-7-15-8-6-13/h11-13,15H,4-10H2,1-3H3. The number of hydrogen-bond acceptors (Lipinski definition) is 4. The summed E-state index contributed by atoms with van der Waals surface area (Å²) in [6.45, 7) is 8.58. The minimum atomic E-state index is 0.604. The maximum Gasteiger partial charge on any atom is 0.141 e. The van der Waals surface area contributed by atoms with E-state index >= 15 is 0 Å². The highest BCUT2D eigenvalue weighted by Crippen LogP contribution is 2.14. The Balaban J connectivity index is 1.93. The molecular formula is C14H27N5. The van der Waals surface area contributed by atoms with Crippen molar-refractivity contribution in [2.75, 3.05) is 20.1 Å². The quantitative estimate of drug-likeness (QED) is 0.876. The van der Waals surface area contributed by atoms with Crippen molar-refractivity contribution < 1.29 is 0 Å². The molecule has 2 rings (SSSR count). The molecule has 0 saturated carbocycles. The monoisotopic (exact) mass is 265 g/mol. The van der Waals surface area contributed by atoms with E-state index in [0.29, 0.717) is 12.0 Å². The minimum Gasteiger partial charge on any atom is -0.317 e. The van der Waals surface area contributed by atoms with Gasteiger partial charge in [-0.3, -0.25) is 4.90 Å². The Morgan fingerprint density at radius 1 is 1.42 bits per heavy atom. The third-order valence-electron chi connectivity index (χ3n) is 3.79. The molecule has 5 nitrogen and oxygen atoms in total. The predicted octanol–water partition coefficient (Wildman–Crippen LogP) is 1.51. The van der Waals surface area contributed by atoms with Gasteiger partial charge in [0, 0.05) is 12.6 Å². The van der Waals surface area contributed by atoms with E-state index in [1.807, 2.05) is 0 Å². The summed E-state index contributed by atoms with van der Waals surface area (Å²) in [5.74, 6) is 1.70. The zero-order chi connectivity index (χ0) is 13.7. The molecule has 108 valence electrons. The van der Waals surface area contributed by atoms with Crippen LogP contribution in [0.2, 0.25) is 0 Å². The van der Waals surface area contributed by atoms with Gasteiger partial charge in [-0.05, 0) is 45.3 Å². The van der Waals surface area contributed by atoms with Crippen LogP contribution in [0.3, 0.4) is 0 Å². The van der Waals surface area contributed by atoms with Crippen molar-refractivity contribution in [3.05, 3.63) is 12.2 Å². The van der Waals surface area contributed by atoms with Crippen molar-refractivity contribution in [3.8, 4) is 0 Å². The first-order valence-corrected chi connectivity index (χ1v) is 7.44. The van der Waals surface area contributed by atoms with Gasteiger partial charge in [-0.2, -0.15) is 5.10 Å². The summed E-state index contributed by atoms with van der Waals surface area (Å²) in [7, 11) is 2.21. The molecule has 19 heavy (non-hydrogen) atoms. The third kappa shape index (κ3) is 4.28. The lowest BCUT2D eigenvalue weighted by Gasteiger charge is -2.26. The Morgan fingerprint density at radius 2 is 2.26 bits per heavy atom. The van der Waals surface area contributed by atoms with Gasteiger partial charge >= 0.3 is 0 Å². The molecule has 0 bridgehead atoms. The molecule has 0 aromatic carbocycles. The van der Waals surface area contributed by atoms with Crippen LogP contribution in [0.25, 0.3) is 0 Å². The molecule has 2 heterocycles. The van der Waals surface area contributed by atoms with Crippen LogP contribution in [-0.2, 0) is 13.1 Å². The summed E-state index contributed by atoms with van der Waals surface area (Å²) in [5, 5.41) is 7.81. The van der Waals surface area contributed by atoms with Gasteiger partial charge in [0.05, 0.1) is 6.54 Å². The molecule has 0 aliphatic carbocycles. The normalized spacial score (nSPS) is 21.0. The molecule has 0 amide bonds. The molecule has 0 radical (unpaired) electrons. The Hall–Kier alpha value is -0.940. The summed E-state index contributed by atoms with van der Waals surface area (Å²) in [5.41, 5.74) is 0. The number of nitrogens with one attached hydrogen (secondary N) is 1. The first kappa shape index (κ1) is 14.5. The largest absolute Gasteiger partial charge is 0.317 e. The van der Waals surface area contributed by atoms with Crippen molar-refractivity contribution in [3.63, 3.8) is 0 Å². The van der Waals surface area contributed by atoms with E-state index in [-0.39, 0.29) is 0 Å². The van der Waals surface area contributed by atoms with E-state index < -0.39 is 0 Å². The number of rotatable bonds is 5. The van der Waals surface area contributed by atoms with Crippen LogP contribution in [0.4, 0.5) is 0 Å². The van der Waals surface area contributed by atoms with Crippen LogP contribution in [0, 0.1) is 5.92 Å². The highest BCUT2D eigenvalue weighted by Gasteiger charge is 2.18. The first-order chi connectivity index (χ1) is 9.16. The topological polar surface area (TPSA) is 46.0 Å². The van der Waals surface area contributed by atoms with Crippen molar-refractivity contribution in [2.45, 2.75) is 52.2 Å². The zero-order valence-corrected chi connectivity index (χ0v) is 12.5. The molecule has 1 aliphatic rings. The second-order valence-corrected chi connectivity index (χ2v) is 6.00. The molecule has 1 unspecified atom stereocenters. The highest BCUT2D eigenvalue weighted by molar-refractivity contribution is 4.86. The fourth-order valence-corrected chi connectivity index (χ4v) is 2.70. The molecule has 0 spiro atoms. The van der Waals surface area contributed by atoms with Crippen molar-refractivity contribution in [2.24, 2.45) is 5.92 Å². The third-order valence-corrected chi connectivity index (χ3v) is 3.79. The predicted molar refractivity (Wildman–Crippen MR) is 76.8 cm³/mol. The van der Waals surface area contributed by atoms with E-state index in [2.05, 4.69) is 45.9 Å². The van der Waals surface area contributed by atoms with E-state index in [9.17, 15) is 0 Å². The Labute approximate surface area is 116 Å². The fourth-order valence-electron chi connectivity index (χ4n) is 2.70. The maximum atomic E-state index is 4.42. The summed E-state index contributed by atoms with van der Waals surface area (Å²) >= 11 is 0. The van der Waals surface area contributed by atoms with Gasteiger partial charge in [0.2, 0.25) is 0 Å². The first-order valence-electron chi connectivity index (χ1n) is 7.44. The van der Waals surface area contributed by atoms with E-state index in [1.165, 1.54) is 19.3 Å². The summed E-state index contributed by atoms with van der Waals surface area (Å²) in [6.07, 6.45) is 5.46. The lowest BCUT2D eigenvalue weighted by molar-refractivity contribution is 0.207. The van der Waals surface area contributed by atoms with Gasteiger partial charge in [0.15, 0.2) is 0 Å². The molecule has 1 aromatic heterocycles. The zero-order valence-electron chi connectivity index (χ0n) is 12.5. The Morgan fingerprint density at radius 3 is 3.05 bits per heavy atom. The van der Waals surface area contributed by atoms with E-state index in [4.69, 9.17) is 0 Å². The number of hydrogen-bond donors (Lipinski definition) is 1. The highest BCUT2D eigenvalue weighted by atomic mass is 15.3. The van der Waals surface area contributed by atoms with Crippen molar-refractivity contribution in [1.29, 1.82) is 0 Å². The minimum absolute atomic E-state index is 0.604. The molecule has 1 atom stereocenters. The molecule has 1 aliphatic heterocycles. The van der Waals surface area contributed by atoms with Gasteiger partial charge in [-0.1, -0.05) is 13.8 Å². The lowest BCUT2D eigenvalue weighted by Crippen LogP contribution is -2.33. The van der Waals surface area contributed by atoms with Gasteiger partial charge in [0.25, 0.3) is 0 Å². The smallest absolute Gasteiger partial charge is 0.141 e. The van der Waals surface area contributed by atoms with Crippen LogP contribution in [0.15, 0.2) is 6.33 Å². The molecule has 1 saturated heterocycles. The van der Waals surface area contributed by atoms with Crippen LogP contribution < -0.4 is 5.32 Å². The van der Waals surface area contributed by atoms with Crippen molar-refractivity contribution in [1.82, 2.24) is 25.0 Å². The maximum absolute atomic E-state index is 4.42. The number of aromatic nitrogens is 3. The summed E-state index contributed by atoms with van der Waals surface area (Å²) in [6, 6.07) is 0.666. The lowest BCUT2D eigenvalue weighted by atomic mass is 10.1. The van der Waals surface area contributed by atoms with Gasteiger partial charge in [0.1, 0.15) is 12.2 Å². The second kappa shape index (κ2) is 7.01. The molecule has 1 fully saturated rings. The SMILES string of the molecule is CC(C)Cn1ncnc1CN(C)C1CCCNCC1. The molecule has 1 aromatic rings. The molecule has 5 heteroatoms. The van der Waals surface area contributed by atoms with Gasteiger partial charge in [-0.15, -0.1) is 0 Å². The van der Waals surface area contributed by atoms with E-state index in [0.717, 1.165) is 32.0 Å². The van der Waals surface area contributed by atoms with Gasteiger partial charge < -0.3 is 5.32 Å². The van der Waals surface area contributed by atoms with Crippen molar-refractivity contribution >= 4 is 0 Å². The van der Waals surface area contributed by atoms with Crippen LogP contribution in [0.1, 0.15) is 38.9 Å². The molecule has 1 N–H and O–H groups in total. The average molecular weight is 265 g/mol. The summed E-state index contributed by atoms with van der Waals surface area (Å²) < 4.78 is 2.05. The van der Waals surface area contributed by atoms with E-state index in [1.54, 1.807) is 6.33 Å². The Kier molecular flexibility index (Phi) is 5.34. The molecular weight excluding hydrogens is 238 g/mol. The van der Waals surface area contributed by atoms with Crippen LogP contribution in [0.5, 0.6) is 0 Å². The van der Waals surface area contributed by atoms with Gasteiger partial charge in [-0.25, -0.2) is 9.67 Å². The van der Waals surface area contributed by atoms with Crippen LogP contribution in [-0.4, -0.2) is 45.8 Å². The Bertz CT molecular complexity index is 366. The fraction of sp³-hybridized carbons (Fsp3) is 0.857. The number of nitrogens with zero attached hydrogens (tertiary/aromatic N) is 4. The van der Waals surface area contributed by atoms with Crippen LogP contribution >= 0.6 is 0 Å². The average Bonchev–Trinajstić information content (AvgIpc) is 2.65. The summed E-state index contributed by atoms with van der Waals surface area (Å²) in [4.78, 5) is 6.86.